The summed E-state index contributed by atoms with van der Waals surface area (Å²) in [5.74, 6) is -9.86. The maximum Gasteiger partial charge on any atom is 1.00 e. The molecule has 0 radical (unpaired) electrons. The van der Waals surface area contributed by atoms with E-state index >= 15 is 0 Å². The Hall–Kier alpha value is -0.815. The van der Waals surface area contributed by atoms with Crippen LogP contribution in [-0.4, -0.2) is 139 Å². The summed E-state index contributed by atoms with van der Waals surface area (Å²) in [4.78, 5) is 90.7. The van der Waals surface area contributed by atoms with Crippen molar-refractivity contribution in [2.24, 2.45) is 0 Å². The number of aryl methyl sites for hydroxylation is 1. The van der Waals surface area contributed by atoms with Gasteiger partial charge in [0.05, 0.1) is 74.2 Å². The average molecular weight is 978 g/mol. The molecule has 1 amide bonds. The number of fused-ring (bicyclic) bond motifs is 1. The Kier molecular flexibility index (Phi) is 27.9. The zero-order valence-electron chi connectivity index (χ0n) is 35.0. The summed E-state index contributed by atoms with van der Waals surface area (Å²) in [5.41, 5.74) is 0.532. The number of carboxylic acid groups (broad SMARTS) is 6. The van der Waals surface area contributed by atoms with Crippen LogP contribution >= 0.6 is 0 Å². The molecule has 1 aliphatic heterocycles. The molecule has 0 unspecified atom stereocenters. The van der Waals surface area contributed by atoms with Crippen LogP contribution in [0, 0.1) is 0 Å². The number of piperazine rings is 1. The van der Waals surface area contributed by atoms with E-state index in [2.05, 4.69) is 4.98 Å². The van der Waals surface area contributed by atoms with E-state index in [0.717, 1.165) is 16.0 Å². The number of hydrogen-bond donors (Lipinski definition) is 2. The molecule has 2 aromatic heterocycles. The number of nitrogens with zero attached hydrogens (tertiary/aromatic N) is 5. The molecular weight excluding hydrogens is 943 g/mol. The molecule has 63 heavy (non-hydrogen) atoms. The second kappa shape index (κ2) is 29.2. The number of rotatable bonds is 22. The van der Waals surface area contributed by atoms with Crippen molar-refractivity contribution in [1.29, 1.82) is 0 Å². The minimum absolute atomic E-state index is 0. The molecule has 26 heteroatoms. The van der Waals surface area contributed by atoms with Crippen LogP contribution in [0.1, 0.15) is 22.5 Å². The maximum absolute atomic E-state index is 13.0. The topological polar surface area (TPSA) is 323 Å². The minimum Gasteiger partial charge on any atom is -0.548 e. The van der Waals surface area contributed by atoms with Gasteiger partial charge < -0.3 is 82.8 Å². The van der Waals surface area contributed by atoms with Crippen LogP contribution in [0.15, 0.2) is 51.4 Å². The Morgan fingerprint density at radius 2 is 1.24 bits per heavy atom. The number of oxazole rings is 1. The van der Waals surface area contributed by atoms with Crippen molar-refractivity contribution in [3.8, 4) is 23.1 Å². The van der Waals surface area contributed by atoms with Gasteiger partial charge in [-0.1, -0.05) is 6.07 Å². The van der Waals surface area contributed by atoms with Crippen LogP contribution in [0.4, 0.5) is 11.4 Å². The normalized spacial score (nSPS) is 12.0. The van der Waals surface area contributed by atoms with Crippen LogP contribution in [-0.2, 0) is 35.2 Å². The van der Waals surface area contributed by atoms with E-state index in [0.29, 0.717) is 37.1 Å². The number of anilines is 2. The van der Waals surface area contributed by atoms with Gasteiger partial charge in [0.15, 0.2) is 5.76 Å². The number of ether oxygens (including phenoxy) is 2. The van der Waals surface area contributed by atoms with E-state index in [1.807, 2.05) is 0 Å². The molecule has 3 heterocycles. The molecule has 5 rings (SSSR count). The summed E-state index contributed by atoms with van der Waals surface area (Å²) >= 11 is 0. The summed E-state index contributed by atoms with van der Waals surface area (Å²) < 4.78 is 22.8. The van der Waals surface area contributed by atoms with Crippen LogP contribution in [0.2, 0.25) is 0 Å². The first-order valence-corrected chi connectivity index (χ1v) is 17.7. The minimum atomic E-state index is -1.65. The number of benzene rings is 2. The van der Waals surface area contributed by atoms with Gasteiger partial charge in [-0.25, -0.2) is 9.78 Å². The Morgan fingerprint density at radius 3 is 1.75 bits per heavy atom. The summed E-state index contributed by atoms with van der Waals surface area (Å²) in [6.45, 7) is -2.89. The third-order valence-electron chi connectivity index (χ3n) is 8.82. The Bertz CT molecular complexity index is 2210. The zero-order valence-corrected chi connectivity index (χ0v) is 47.5. The van der Waals surface area contributed by atoms with Gasteiger partial charge in [-0.15, -0.1) is 0 Å². The van der Waals surface area contributed by atoms with Gasteiger partial charge in [0.2, 0.25) is 11.7 Å². The van der Waals surface area contributed by atoms with Crippen molar-refractivity contribution in [2.45, 2.75) is 12.8 Å². The van der Waals surface area contributed by atoms with Crippen molar-refractivity contribution in [2.75, 3.05) is 81.9 Å². The van der Waals surface area contributed by atoms with Crippen molar-refractivity contribution >= 4 is 64.1 Å². The van der Waals surface area contributed by atoms with Crippen LogP contribution < -0.4 is 245 Å². The molecular formula is C37H35K4N5O17. The fourth-order valence-electron chi connectivity index (χ4n) is 6.24. The first kappa shape index (κ1) is 60.2. The number of carbonyl (C=O) groups excluding carboxylic acids is 5. The van der Waals surface area contributed by atoms with Gasteiger partial charge >= 0.3 is 217 Å². The number of aliphatic carboxylic acids is 5. The second-order valence-corrected chi connectivity index (χ2v) is 13.1. The van der Waals surface area contributed by atoms with E-state index in [1.165, 1.54) is 30.3 Å². The summed E-state index contributed by atoms with van der Waals surface area (Å²) in [5, 5.41) is 64.9. The molecule has 1 aliphatic rings. The van der Waals surface area contributed by atoms with Gasteiger partial charge in [-0.05, 0) is 36.2 Å². The fraction of sp³-hybridized carbons (Fsp3) is 0.351. The number of carbonyl (C=O) groups is 7. The number of aromatic nitrogens is 1. The molecule has 1 saturated heterocycles. The van der Waals surface area contributed by atoms with E-state index < -0.39 is 67.8 Å². The van der Waals surface area contributed by atoms with Crippen LogP contribution in [0.3, 0.4) is 0 Å². The SMILES string of the molecule is O=C([O-])CN(CC(=O)[O-])c1ccc(CCC(=O)N2CCN(CC(=O)O)CC2)cc1OCCOc1cc2cc(-c3ncc(C(=O)O)o3)oc2cc1N(CC(=O)[O-])CC(=O)[O-].[K+].[K+].[K+].[K+]. The quantitative estimate of drug-likeness (QED) is 0.0545. The van der Waals surface area contributed by atoms with Crippen molar-refractivity contribution in [3.05, 3.63) is 53.9 Å². The third kappa shape index (κ3) is 18.7. The Morgan fingerprint density at radius 1 is 0.698 bits per heavy atom. The average Bonchev–Trinajstić information content (AvgIpc) is 3.82. The molecule has 0 atom stereocenters. The van der Waals surface area contributed by atoms with Gasteiger partial charge in [-0.3, -0.25) is 14.5 Å². The van der Waals surface area contributed by atoms with Crippen LogP contribution in [0.5, 0.6) is 11.5 Å². The first-order chi connectivity index (χ1) is 28.1. The molecule has 0 aliphatic carbocycles. The number of hydrogen-bond acceptors (Lipinski definition) is 19. The largest absolute Gasteiger partial charge is 1.00 e. The standard InChI is InChI=1S/C37H39N5O17.4K/c43-30(40-7-5-39(6-8-40)16-31(44)45)4-2-21-1-3-23(41(17-32(46)47)18-33(48)49)26(11-21)56-9-10-57-27-12-22-13-28(36-38-15-29(59-36)37(54)55)58-25(22)14-24(27)42(19-34(50)51)20-35(52)53;;;;/h1,3,11-15H,2,4-10,16-20H2,(H,44,45)(H,46,47)(H,48,49)(H,50,51)(H,52,53)(H,54,55);;;;/q;4*+1/p-4. The summed E-state index contributed by atoms with van der Waals surface area (Å²) in [6.07, 6.45) is 1.20. The fourth-order valence-corrected chi connectivity index (χ4v) is 6.24. The van der Waals surface area contributed by atoms with Gasteiger partial charge in [0.1, 0.15) is 30.3 Å². The number of amides is 1. The van der Waals surface area contributed by atoms with E-state index in [-0.39, 0.29) is 284 Å². The van der Waals surface area contributed by atoms with Crippen molar-refractivity contribution in [3.63, 3.8) is 0 Å². The second-order valence-electron chi connectivity index (χ2n) is 13.1. The number of carboxylic acids is 6. The summed E-state index contributed by atoms with van der Waals surface area (Å²) in [6, 6.07) is 8.48. The van der Waals surface area contributed by atoms with Crippen LogP contribution in [0.25, 0.3) is 22.6 Å². The van der Waals surface area contributed by atoms with E-state index in [4.69, 9.17) is 23.4 Å². The monoisotopic (exact) mass is 977 g/mol. The van der Waals surface area contributed by atoms with Gasteiger partial charge in [0, 0.05) is 44.1 Å². The molecule has 1 fully saturated rings. The van der Waals surface area contributed by atoms with Gasteiger partial charge in [-0.2, -0.15) is 0 Å². The molecule has 0 bridgehead atoms. The predicted molar refractivity (Wildman–Crippen MR) is 190 cm³/mol. The third-order valence-corrected chi connectivity index (χ3v) is 8.82. The molecule has 2 aromatic carbocycles. The zero-order chi connectivity index (χ0) is 42.8. The molecule has 0 spiro atoms. The maximum atomic E-state index is 13.0. The molecule has 2 N–H and O–H groups in total. The first-order valence-electron chi connectivity index (χ1n) is 17.7. The van der Waals surface area contributed by atoms with Gasteiger partial charge in [0.25, 0.3) is 5.89 Å². The smallest absolute Gasteiger partial charge is 0.548 e. The Labute approximate surface area is 528 Å². The van der Waals surface area contributed by atoms with Crippen molar-refractivity contribution in [1.82, 2.24) is 14.8 Å². The molecule has 4 aromatic rings. The number of furan rings is 1. The molecule has 0 saturated carbocycles. The summed E-state index contributed by atoms with van der Waals surface area (Å²) in [7, 11) is 0. The Balaban J connectivity index is 0.00000496. The molecule has 314 valence electrons. The van der Waals surface area contributed by atoms with E-state index in [9.17, 15) is 59.1 Å². The number of aromatic carboxylic acids is 1. The predicted octanol–water partition coefficient (Wildman–Crippen LogP) is -16.0. The van der Waals surface area contributed by atoms with Crippen molar-refractivity contribution < 1.29 is 288 Å². The molecule has 22 nitrogen and oxygen atoms in total. The van der Waals surface area contributed by atoms with E-state index in [1.54, 1.807) is 15.9 Å².